The number of hydrogen-bond donors (Lipinski definition) is 0. The average molecular weight is 303 g/mol. The highest BCUT2D eigenvalue weighted by Crippen LogP contribution is 2.30. The number of hydrogen-bond acceptors (Lipinski definition) is 3. The predicted octanol–water partition coefficient (Wildman–Crippen LogP) is 3.12. The van der Waals surface area contributed by atoms with Crippen LogP contribution in [-0.2, 0) is 11.3 Å². The van der Waals surface area contributed by atoms with E-state index in [9.17, 15) is 13.6 Å². The van der Waals surface area contributed by atoms with Gasteiger partial charge in [0, 0.05) is 12.1 Å². The summed E-state index contributed by atoms with van der Waals surface area (Å²) < 4.78 is 26.8. The molecule has 2 nitrogen and oxygen atoms in total. The standard InChI is InChI=1S/C13H15F2NOS2/c1-18-6-5-12-16(11(17)8-19-12)7-9-3-2-4-10(14)13(9)15/h2-4,12H,5-8H2,1H3. The van der Waals surface area contributed by atoms with E-state index in [2.05, 4.69) is 0 Å². The Morgan fingerprint density at radius 3 is 3.00 bits per heavy atom. The van der Waals surface area contributed by atoms with Crippen molar-refractivity contribution < 1.29 is 13.6 Å². The van der Waals surface area contributed by atoms with Crippen LogP contribution < -0.4 is 0 Å². The number of benzene rings is 1. The summed E-state index contributed by atoms with van der Waals surface area (Å²) in [5.41, 5.74) is 0.241. The number of carbonyl (C=O) groups excluding carboxylic acids is 1. The Kier molecular flexibility index (Phi) is 5.10. The Bertz CT molecular complexity index is 470. The van der Waals surface area contributed by atoms with Gasteiger partial charge in [0.05, 0.1) is 11.1 Å². The fourth-order valence-corrected chi connectivity index (χ4v) is 3.77. The quantitative estimate of drug-likeness (QED) is 0.833. The molecule has 2 rings (SSSR count). The molecule has 1 fully saturated rings. The van der Waals surface area contributed by atoms with Crippen LogP contribution in [0.2, 0.25) is 0 Å². The van der Waals surface area contributed by atoms with Crippen molar-refractivity contribution in [1.29, 1.82) is 0 Å². The first-order valence-corrected chi connectivity index (χ1v) is 8.40. The van der Waals surface area contributed by atoms with Gasteiger partial charge < -0.3 is 4.90 Å². The van der Waals surface area contributed by atoms with E-state index in [1.165, 1.54) is 12.1 Å². The third-order valence-electron chi connectivity index (χ3n) is 3.01. The molecule has 6 heteroatoms. The van der Waals surface area contributed by atoms with Crippen LogP contribution >= 0.6 is 23.5 Å². The van der Waals surface area contributed by atoms with Gasteiger partial charge >= 0.3 is 0 Å². The van der Waals surface area contributed by atoms with Gasteiger partial charge in [0.25, 0.3) is 0 Å². The topological polar surface area (TPSA) is 20.3 Å². The second-order valence-electron chi connectivity index (χ2n) is 4.28. The second-order valence-corrected chi connectivity index (χ2v) is 6.43. The van der Waals surface area contributed by atoms with Crippen molar-refractivity contribution in [2.45, 2.75) is 18.3 Å². The Morgan fingerprint density at radius 2 is 2.26 bits per heavy atom. The van der Waals surface area contributed by atoms with Gasteiger partial charge in [-0.15, -0.1) is 11.8 Å². The van der Waals surface area contributed by atoms with E-state index in [1.54, 1.807) is 28.4 Å². The van der Waals surface area contributed by atoms with Crippen LogP contribution in [0.3, 0.4) is 0 Å². The first-order chi connectivity index (χ1) is 9.13. The largest absolute Gasteiger partial charge is 0.326 e. The highest BCUT2D eigenvalue weighted by atomic mass is 32.2. The molecule has 19 heavy (non-hydrogen) atoms. The lowest BCUT2D eigenvalue weighted by Gasteiger charge is -2.24. The minimum Gasteiger partial charge on any atom is -0.326 e. The van der Waals surface area contributed by atoms with Crippen LogP contribution in [0.5, 0.6) is 0 Å². The van der Waals surface area contributed by atoms with Gasteiger partial charge in [-0.25, -0.2) is 8.78 Å². The van der Waals surface area contributed by atoms with Gasteiger partial charge in [0.1, 0.15) is 0 Å². The molecule has 0 aliphatic carbocycles. The molecule has 0 aromatic heterocycles. The molecule has 1 aromatic rings. The van der Waals surface area contributed by atoms with E-state index in [4.69, 9.17) is 0 Å². The van der Waals surface area contributed by atoms with Gasteiger partial charge in [-0.05, 0) is 24.5 Å². The molecule has 1 aliphatic rings. The highest BCUT2D eigenvalue weighted by Gasteiger charge is 2.31. The third kappa shape index (κ3) is 3.42. The number of thioether (sulfide) groups is 2. The molecule has 1 atom stereocenters. The van der Waals surface area contributed by atoms with Gasteiger partial charge in [-0.1, -0.05) is 12.1 Å². The van der Waals surface area contributed by atoms with Crippen molar-refractivity contribution in [3.8, 4) is 0 Å². The minimum atomic E-state index is -0.863. The fraction of sp³-hybridized carbons (Fsp3) is 0.462. The summed E-state index contributed by atoms with van der Waals surface area (Å²) in [6.07, 6.45) is 2.88. The van der Waals surface area contributed by atoms with Crippen LogP contribution in [-0.4, -0.2) is 33.9 Å². The lowest BCUT2D eigenvalue weighted by molar-refractivity contribution is -0.128. The molecule has 0 N–H and O–H groups in total. The van der Waals surface area contributed by atoms with Crippen molar-refractivity contribution in [2.75, 3.05) is 17.8 Å². The van der Waals surface area contributed by atoms with Gasteiger partial charge in [-0.3, -0.25) is 4.79 Å². The minimum absolute atomic E-state index is 0.000218. The summed E-state index contributed by atoms with van der Waals surface area (Å²) in [5, 5.41) is 0.0719. The van der Waals surface area contributed by atoms with E-state index in [-0.39, 0.29) is 23.4 Å². The molecular formula is C13H15F2NOS2. The average Bonchev–Trinajstić information content (AvgIpc) is 2.74. The Balaban J connectivity index is 2.11. The van der Waals surface area contributed by atoms with Gasteiger partial charge in [-0.2, -0.15) is 11.8 Å². The first-order valence-electron chi connectivity index (χ1n) is 5.96. The summed E-state index contributed by atoms with van der Waals surface area (Å²) in [4.78, 5) is 13.5. The zero-order valence-corrected chi connectivity index (χ0v) is 12.2. The lowest BCUT2D eigenvalue weighted by atomic mass is 10.2. The van der Waals surface area contributed by atoms with Crippen LogP contribution in [0.4, 0.5) is 8.78 Å². The molecule has 0 spiro atoms. The number of rotatable bonds is 5. The van der Waals surface area contributed by atoms with Crippen LogP contribution in [0, 0.1) is 11.6 Å². The van der Waals surface area contributed by atoms with Crippen molar-refractivity contribution in [3.63, 3.8) is 0 Å². The molecule has 1 heterocycles. The lowest BCUT2D eigenvalue weighted by Crippen LogP contribution is -2.33. The van der Waals surface area contributed by atoms with Crippen molar-refractivity contribution in [2.24, 2.45) is 0 Å². The monoisotopic (exact) mass is 303 g/mol. The van der Waals surface area contributed by atoms with E-state index in [0.717, 1.165) is 18.2 Å². The summed E-state index contributed by atoms with van der Waals surface area (Å²) in [5.74, 6) is -0.337. The SMILES string of the molecule is CSCCC1SCC(=O)N1Cc1cccc(F)c1F. The van der Waals surface area contributed by atoms with E-state index in [0.29, 0.717) is 5.75 Å². The van der Waals surface area contributed by atoms with E-state index in [1.807, 2.05) is 6.26 Å². The summed E-state index contributed by atoms with van der Waals surface area (Å²) in [6, 6.07) is 4.09. The number of carbonyl (C=O) groups is 1. The molecule has 1 aliphatic heterocycles. The smallest absolute Gasteiger partial charge is 0.233 e. The highest BCUT2D eigenvalue weighted by molar-refractivity contribution is 8.01. The maximum Gasteiger partial charge on any atom is 0.233 e. The zero-order chi connectivity index (χ0) is 13.8. The molecule has 1 amide bonds. The van der Waals surface area contributed by atoms with Crippen molar-refractivity contribution in [3.05, 3.63) is 35.4 Å². The maximum absolute atomic E-state index is 13.6. The third-order valence-corrected chi connectivity index (χ3v) is 4.94. The zero-order valence-electron chi connectivity index (χ0n) is 10.6. The van der Waals surface area contributed by atoms with Gasteiger partial charge in [0.15, 0.2) is 11.6 Å². The van der Waals surface area contributed by atoms with Crippen LogP contribution in [0.25, 0.3) is 0 Å². The molecule has 1 unspecified atom stereocenters. The van der Waals surface area contributed by atoms with Crippen molar-refractivity contribution in [1.82, 2.24) is 4.90 Å². The molecule has 1 saturated heterocycles. The Hall–Kier alpha value is -0.750. The molecular weight excluding hydrogens is 288 g/mol. The van der Waals surface area contributed by atoms with E-state index < -0.39 is 11.6 Å². The second kappa shape index (κ2) is 6.61. The molecule has 0 bridgehead atoms. The summed E-state index contributed by atoms with van der Waals surface area (Å²) in [6.45, 7) is 0.147. The Morgan fingerprint density at radius 1 is 1.47 bits per heavy atom. The molecule has 0 saturated carbocycles. The first kappa shape index (κ1) is 14.7. The number of nitrogens with zero attached hydrogens (tertiary/aromatic N) is 1. The number of amides is 1. The summed E-state index contributed by atoms with van der Waals surface area (Å²) in [7, 11) is 0. The maximum atomic E-state index is 13.6. The summed E-state index contributed by atoms with van der Waals surface area (Å²) >= 11 is 3.29. The van der Waals surface area contributed by atoms with Crippen molar-refractivity contribution >= 4 is 29.4 Å². The number of halogens is 2. The molecule has 104 valence electrons. The van der Waals surface area contributed by atoms with Crippen LogP contribution in [0.1, 0.15) is 12.0 Å². The van der Waals surface area contributed by atoms with E-state index >= 15 is 0 Å². The van der Waals surface area contributed by atoms with Crippen LogP contribution in [0.15, 0.2) is 18.2 Å². The normalized spacial score (nSPS) is 19.2. The Labute approximate surface area is 119 Å². The van der Waals surface area contributed by atoms with Gasteiger partial charge in [0.2, 0.25) is 5.91 Å². The molecule has 0 radical (unpaired) electrons. The fourth-order valence-electron chi connectivity index (χ4n) is 2.00. The predicted molar refractivity (Wildman–Crippen MR) is 76.2 cm³/mol. The molecule has 1 aromatic carbocycles.